The Morgan fingerprint density at radius 2 is 1.89 bits per heavy atom. The summed E-state index contributed by atoms with van der Waals surface area (Å²) in [5.41, 5.74) is 0.103. The van der Waals surface area contributed by atoms with Crippen molar-refractivity contribution in [3.05, 3.63) is 41.5 Å². The molecule has 0 atom stereocenters. The lowest BCUT2D eigenvalue weighted by atomic mass is 10.3. The fourth-order valence-corrected chi connectivity index (χ4v) is 1.50. The van der Waals surface area contributed by atoms with E-state index in [-0.39, 0.29) is 0 Å². The standard InChI is InChI=1S/C11H11F3N4/c1-2-15-5-8-6-18(17-16-8)11-9(13)3-7(12)4-10(11)14/h3-4,6,15H,2,5H2,1H3. The van der Waals surface area contributed by atoms with Gasteiger partial charge >= 0.3 is 0 Å². The second-order valence-electron chi connectivity index (χ2n) is 3.65. The van der Waals surface area contributed by atoms with Gasteiger partial charge < -0.3 is 5.32 Å². The van der Waals surface area contributed by atoms with Gasteiger partial charge in [0.1, 0.15) is 11.5 Å². The van der Waals surface area contributed by atoms with Crippen LogP contribution >= 0.6 is 0 Å². The third-order valence-electron chi connectivity index (χ3n) is 2.31. The highest BCUT2D eigenvalue weighted by Crippen LogP contribution is 2.18. The molecule has 1 aromatic carbocycles. The molecule has 96 valence electrons. The number of nitrogens with zero attached hydrogens (tertiary/aromatic N) is 3. The molecule has 2 rings (SSSR count). The van der Waals surface area contributed by atoms with Crippen molar-refractivity contribution < 1.29 is 13.2 Å². The van der Waals surface area contributed by atoms with E-state index in [0.717, 1.165) is 11.2 Å². The lowest BCUT2D eigenvalue weighted by Crippen LogP contribution is -2.11. The van der Waals surface area contributed by atoms with Gasteiger partial charge in [-0.2, -0.15) is 0 Å². The van der Waals surface area contributed by atoms with Gasteiger partial charge in [-0.1, -0.05) is 12.1 Å². The molecule has 0 fully saturated rings. The fraction of sp³-hybridized carbons (Fsp3) is 0.273. The summed E-state index contributed by atoms with van der Waals surface area (Å²) in [6, 6.07) is 1.20. The minimum Gasteiger partial charge on any atom is -0.311 e. The van der Waals surface area contributed by atoms with Crippen LogP contribution in [0.5, 0.6) is 0 Å². The van der Waals surface area contributed by atoms with E-state index in [1.165, 1.54) is 6.20 Å². The molecule has 0 saturated carbocycles. The lowest BCUT2D eigenvalue weighted by Gasteiger charge is -2.03. The Labute approximate surface area is 101 Å². The molecule has 0 radical (unpaired) electrons. The first kappa shape index (κ1) is 12.6. The van der Waals surface area contributed by atoms with E-state index >= 15 is 0 Å². The number of nitrogens with one attached hydrogen (secondary N) is 1. The summed E-state index contributed by atoms with van der Waals surface area (Å²) in [4.78, 5) is 0. The highest BCUT2D eigenvalue weighted by Gasteiger charge is 2.15. The van der Waals surface area contributed by atoms with Gasteiger partial charge in [-0.3, -0.25) is 0 Å². The summed E-state index contributed by atoms with van der Waals surface area (Å²) in [7, 11) is 0. The number of halogens is 3. The summed E-state index contributed by atoms with van der Waals surface area (Å²) < 4.78 is 40.7. The van der Waals surface area contributed by atoms with Crippen LogP contribution in [-0.2, 0) is 6.54 Å². The molecule has 0 saturated heterocycles. The molecule has 0 aliphatic carbocycles. The van der Waals surface area contributed by atoms with Crippen molar-refractivity contribution >= 4 is 0 Å². The van der Waals surface area contributed by atoms with Crippen LogP contribution in [0.25, 0.3) is 5.69 Å². The van der Waals surface area contributed by atoms with Crippen molar-refractivity contribution in [2.45, 2.75) is 13.5 Å². The van der Waals surface area contributed by atoms with Crippen LogP contribution in [0, 0.1) is 17.5 Å². The van der Waals surface area contributed by atoms with Crippen molar-refractivity contribution in [2.75, 3.05) is 6.54 Å². The van der Waals surface area contributed by atoms with Gasteiger partial charge in [-0.05, 0) is 6.54 Å². The fourth-order valence-electron chi connectivity index (χ4n) is 1.50. The maximum Gasteiger partial charge on any atom is 0.154 e. The van der Waals surface area contributed by atoms with E-state index in [1.807, 2.05) is 6.92 Å². The zero-order chi connectivity index (χ0) is 13.1. The van der Waals surface area contributed by atoms with Crippen LogP contribution in [0.2, 0.25) is 0 Å². The maximum absolute atomic E-state index is 13.5. The van der Waals surface area contributed by atoms with Gasteiger partial charge in [0.25, 0.3) is 0 Å². The Morgan fingerprint density at radius 3 is 2.50 bits per heavy atom. The van der Waals surface area contributed by atoms with Gasteiger partial charge in [0.2, 0.25) is 0 Å². The van der Waals surface area contributed by atoms with Gasteiger partial charge in [-0.15, -0.1) is 5.10 Å². The smallest absolute Gasteiger partial charge is 0.154 e. The van der Waals surface area contributed by atoms with E-state index in [1.54, 1.807) is 0 Å². The highest BCUT2D eigenvalue weighted by molar-refractivity contribution is 5.34. The van der Waals surface area contributed by atoms with E-state index in [9.17, 15) is 13.2 Å². The molecule has 7 heteroatoms. The normalized spacial score (nSPS) is 10.9. The van der Waals surface area contributed by atoms with Crippen molar-refractivity contribution in [2.24, 2.45) is 0 Å². The summed E-state index contributed by atoms with van der Waals surface area (Å²) in [6.07, 6.45) is 1.39. The number of hydrogen-bond donors (Lipinski definition) is 1. The first-order valence-electron chi connectivity index (χ1n) is 5.38. The van der Waals surface area contributed by atoms with Crippen molar-refractivity contribution in [3.8, 4) is 5.69 Å². The quantitative estimate of drug-likeness (QED) is 0.907. The van der Waals surface area contributed by atoms with Crippen LogP contribution in [0.3, 0.4) is 0 Å². The first-order chi connectivity index (χ1) is 8.61. The van der Waals surface area contributed by atoms with E-state index in [0.29, 0.717) is 24.4 Å². The average molecular weight is 256 g/mol. The van der Waals surface area contributed by atoms with Crippen LogP contribution in [0.1, 0.15) is 12.6 Å². The predicted octanol–water partition coefficient (Wildman–Crippen LogP) is 1.79. The Balaban J connectivity index is 2.34. The summed E-state index contributed by atoms with van der Waals surface area (Å²) >= 11 is 0. The van der Waals surface area contributed by atoms with Crippen LogP contribution < -0.4 is 5.32 Å². The second-order valence-corrected chi connectivity index (χ2v) is 3.65. The molecule has 0 amide bonds. The summed E-state index contributed by atoms with van der Waals surface area (Å²) in [6.45, 7) is 3.11. The molecule has 1 aromatic heterocycles. The van der Waals surface area contributed by atoms with Crippen LogP contribution in [-0.4, -0.2) is 21.5 Å². The average Bonchev–Trinajstić information content (AvgIpc) is 2.73. The summed E-state index contributed by atoms with van der Waals surface area (Å²) in [5.74, 6) is -3.01. The number of aromatic nitrogens is 3. The van der Waals surface area contributed by atoms with Crippen LogP contribution in [0.15, 0.2) is 18.3 Å². The molecule has 4 nitrogen and oxygen atoms in total. The SMILES string of the molecule is CCNCc1cn(-c2c(F)cc(F)cc2F)nn1. The highest BCUT2D eigenvalue weighted by atomic mass is 19.1. The van der Waals surface area contributed by atoms with Gasteiger partial charge in [0.15, 0.2) is 11.6 Å². The van der Waals surface area contributed by atoms with Crippen molar-refractivity contribution in [1.29, 1.82) is 0 Å². The van der Waals surface area contributed by atoms with E-state index in [2.05, 4.69) is 15.6 Å². The van der Waals surface area contributed by atoms with Crippen molar-refractivity contribution in [3.63, 3.8) is 0 Å². The monoisotopic (exact) mass is 256 g/mol. The Bertz CT molecular complexity index is 530. The Morgan fingerprint density at radius 1 is 1.22 bits per heavy atom. The largest absolute Gasteiger partial charge is 0.311 e. The van der Waals surface area contributed by atoms with Gasteiger partial charge in [0, 0.05) is 18.7 Å². The molecule has 0 aliphatic rings. The summed E-state index contributed by atoms with van der Waals surface area (Å²) in [5, 5.41) is 10.4. The van der Waals surface area contributed by atoms with Crippen molar-refractivity contribution in [1.82, 2.24) is 20.3 Å². The molecule has 0 spiro atoms. The molecule has 0 bridgehead atoms. The van der Waals surface area contributed by atoms with Gasteiger partial charge in [-0.25, -0.2) is 17.9 Å². The number of rotatable bonds is 4. The minimum atomic E-state index is -1.02. The third kappa shape index (κ3) is 2.51. The molecular formula is C11H11F3N4. The number of hydrogen-bond acceptors (Lipinski definition) is 3. The zero-order valence-electron chi connectivity index (χ0n) is 9.62. The zero-order valence-corrected chi connectivity index (χ0v) is 9.62. The predicted molar refractivity (Wildman–Crippen MR) is 58.6 cm³/mol. The second kappa shape index (κ2) is 5.18. The molecule has 2 aromatic rings. The lowest BCUT2D eigenvalue weighted by molar-refractivity contribution is 0.526. The number of benzene rings is 1. The molecule has 0 aliphatic heterocycles. The Kier molecular flexibility index (Phi) is 3.61. The molecule has 1 N–H and O–H groups in total. The molecule has 18 heavy (non-hydrogen) atoms. The topological polar surface area (TPSA) is 42.7 Å². The van der Waals surface area contributed by atoms with Gasteiger partial charge in [0.05, 0.1) is 11.9 Å². The molecule has 1 heterocycles. The minimum absolute atomic E-state index is 0.438. The van der Waals surface area contributed by atoms with Crippen LogP contribution in [0.4, 0.5) is 13.2 Å². The van der Waals surface area contributed by atoms with E-state index in [4.69, 9.17) is 0 Å². The Hall–Kier alpha value is -1.89. The van der Waals surface area contributed by atoms with E-state index < -0.39 is 23.1 Å². The molecule has 0 unspecified atom stereocenters. The third-order valence-corrected chi connectivity index (χ3v) is 2.31. The molecular weight excluding hydrogens is 245 g/mol. The first-order valence-corrected chi connectivity index (χ1v) is 5.38. The maximum atomic E-state index is 13.5.